The van der Waals surface area contributed by atoms with E-state index in [0.29, 0.717) is 6.04 Å². The van der Waals surface area contributed by atoms with E-state index < -0.39 is 0 Å². The van der Waals surface area contributed by atoms with Crippen LogP contribution in [0.2, 0.25) is 0 Å². The van der Waals surface area contributed by atoms with Gasteiger partial charge in [0.2, 0.25) is 0 Å². The van der Waals surface area contributed by atoms with Gasteiger partial charge in [0.1, 0.15) is 0 Å². The molecule has 1 nitrogen and oxygen atoms in total. The average molecular weight is 232 g/mol. The third kappa shape index (κ3) is 1.25. The zero-order valence-corrected chi connectivity index (χ0v) is 8.76. The van der Waals surface area contributed by atoms with Crippen LogP contribution in [0.5, 0.6) is 0 Å². The fourth-order valence-corrected chi connectivity index (χ4v) is 3.33. The van der Waals surface area contributed by atoms with E-state index in [2.05, 4.69) is 33.6 Å². The maximum Gasteiger partial charge on any atom is 0.0389 e. The van der Waals surface area contributed by atoms with Crippen molar-refractivity contribution in [1.82, 2.24) is 5.32 Å². The van der Waals surface area contributed by atoms with Crippen LogP contribution in [0.15, 0.2) is 9.85 Å². The molecule has 0 saturated heterocycles. The summed E-state index contributed by atoms with van der Waals surface area (Å²) in [6.45, 7) is 3.34. The Labute approximate surface area is 78.9 Å². The fraction of sp³-hybridized carbons (Fsp3) is 0.500. The van der Waals surface area contributed by atoms with Gasteiger partial charge in [-0.05, 0) is 41.4 Å². The van der Waals surface area contributed by atoms with Gasteiger partial charge in [-0.25, -0.2) is 0 Å². The van der Waals surface area contributed by atoms with Crippen LogP contribution in [-0.4, -0.2) is 6.54 Å². The van der Waals surface area contributed by atoms with Crippen molar-refractivity contribution in [3.8, 4) is 0 Å². The van der Waals surface area contributed by atoms with Crippen molar-refractivity contribution in [2.75, 3.05) is 6.54 Å². The Hall–Kier alpha value is 0.140. The first kappa shape index (κ1) is 7.77. The molecule has 1 aliphatic rings. The van der Waals surface area contributed by atoms with Crippen LogP contribution < -0.4 is 5.32 Å². The van der Waals surface area contributed by atoms with E-state index in [1.54, 1.807) is 0 Å². The Morgan fingerprint density at radius 2 is 2.55 bits per heavy atom. The highest BCUT2D eigenvalue weighted by Crippen LogP contribution is 2.34. The van der Waals surface area contributed by atoms with Gasteiger partial charge in [0.05, 0.1) is 0 Å². The summed E-state index contributed by atoms with van der Waals surface area (Å²) in [5.41, 5.74) is 1.52. The third-order valence-corrected chi connectivity index (χ3v) is 4.31. The summed E-state index contributed by atoms with van der Waals surface area (Å²) in [7, 11) is 0. The van der Waals surface area contributed by atoms with Crippen LogP contribution in [0.4, 0.5) is 0 Å². The van der Waals surface area contributed by atoms with Gasteiger partial charge in [-0.3, -0.25) is 0 Å². The molecule has 1 aromatic heterocycles. The lowest BCUT2D eigenvalue weighted by atomic mass is 10.1. The Kier molecular flexibility index (Phi) is 2.04. The Balaban J connectivity index is 2.46. The van der Waals surface area contributed by atoms with Gasteiger partial charge in [0.25, 0.3) is 0 Å². The van der Waals surface area contributed by atoms with E-state index in [-0.39, 0.29) is 0 Å². The fourth-order valence-electron chi connectivity index (χ4n) is 1.49. The molecule has 1 atom stereocenters. The van der Waals surface area contributed by atoms with Gasteiger partial charge in [0, 0.05) is 20.8 Å². The molecule has 0 fully saturated rings. The molecular weight excluding hydrogens is 222 g/mol. The van der Waals surface area contributed by atoms with Crippen molar-refractivity contribution >= 4 is 27.3 Å². The topological polar surface area (TPSA) is 12.0 Å². The highest BCUT2D eigenvalue weighted by atomic mass is 79.9. The van der Waals surface area contributed by atoms with Crippen LogP contribution in [-0.2, 0) is 6.42 Å². The van der Waals surface area contributed by atoms with E-state index in [9.17, 15) is 0 Å². The van der Waals surface area contributed by atoms with Crippen LogP contribution >= 0.6 is 27.3 Å². The van der Waals surface area contributed by atoms with E-state index in [1.807, 2.05) is 11.3 Å². The summed E-state index contributed by atoms with van der Waals surface area (Å²) in [4.78, 5) is 1.50. The van der Waals surface area contributed by atoms with Crippen molar-refractivity contribution in [3.63, 3.8) is 0 Å². The summed E-state index contributed by atoms with van der Waals surface area (Å²) in [6.07, 6.45) is 1.17. The largest absolute Gasteiger partial charge is 0.309 e. The van der Waals surface area contributed by atoms with Crippen molar-refractivity contribution in [2.45, 2.75) is 19.4 Å². The second-order valence-electron chi connectivity index (χ2n) is 2.85. The first-order valence-electron chi connectivity index (χ1n) is 3.78. The highest BCUT2D eigenvalue weighted by molar-refractivity contribution is 9.10. The Morgan fingerprint density at radius 1 is 1.73 bits per heavy atom. The lowest BCUT2D eigenvalue weighted by molar-refractivity contribution is 0.550. The molecule has 0 aliphatic carbocycles. The molecule has 1 aromatic rings. The van der Waals surface area contributed by atoms with Crippen molar-refractivity contribution in [3.05, 3.63) is 20.3 Å². The van der Waals surface area contributed by atoms with Crippen LogP contribution in [0, 0.1) is 0 Å². The Bertz CT molecular complexity index is 269. The van der Waals surface area contributed by atoms with E-state index in [0.717, 1.165) is 6.54 Å². The monoisotopic (exact) mass is 231 g/mol. The molecule has 2 heterocycles. The van der Waals surface area contributed by atoms with Gasteiger partial charge in [-0.15, -0.1) is 11.3 Å². The molecule has 0 aromatic carbocycles. The quantitative estimate of drug-likeness (QED) is 0.725. The minimum absolute atomic E-state index is 0.551. The molecule has 11 heavy (non-hydrogen) atoms. The number of thiophene rings is 1. The summed E-state index contributed by atoms with van der Waals surface area (Å²) in [6, 6.07) is 0.551. The zero-order chi connectivity index (χ0) is 7.84. The van der Waals surface area contributed by atoms with Gasteiger partial charge >= 0.3 is 0 Å². The highest BCUT2D eigenvalue weighted by Gasteiger charge is 2.19. The SMILES string of the molecule is CC1NCCc2c(Br)csc21. The second-order valence-corrected chi connectivity index (χ2v) is 4.62. The second kappa shape index (κ2) is 2.88. The molecule has 2 rings (SSSR count). The number of halogens is 1. The maximum absolute atomic E-state index is 3.56. The molecule has 0 radical (unpaired) electrons. The van der Waals surface area contributed by atoms with Gasteiger partial charge in [-0.2, -0.15) is 0 Å². The molecule has 0 bridgehead atoms. The summed E-state index contributed by atoms with van der Waals surface area (Å²) in [5, 5.41) is 5.63. The lowest BCUT2D eigenvalue weighted by Crippen LogP contribution is -2.26. The lowest BCUT2D eigenvalue weighted by Gasteiger charge is -2.20. The number of fused-ring (bicyclic) bond motifs is 1. The molecule has 1 N–H and O–H groups in total. The van der Waals surface area contributed by atoms with Crippen LogP contribution in [0.25, 0.3) is 0 Å². The van der Waals surface area contributed by atoms with Crippen molar-refractivity contribution < 1.29 is 0 Å². The summed E-state index contributed by atoms with van der Waals surface area (Å²) in [5.74, 6) is 0. The Morgan fingerprint density at radius 3 is 3.27 bits per heavy atom. The molecule has 60 valence electrons. The average Bonchev–Trinajstić information content (AvgIpc) is 2.35. The van der Waals surface area contributed by atoms with E-state index in [4.69, 9.17) is 0 Å². The molecular formula is C8H10BrNS. The molecule has 0 spiro atoms. The molecule has 3 heteroatoms. The normalized spacial score (nSPS) is 23.3. The molecule has 0 saturated carbocycles. The minimum atomic E-state index is 0.551. The zero-order valence-electron chi connectivity index (χ0n) is 6.36. The molecule has 1 unspecified atom stereocenters. The first-order valence-corrected chi connectivity index (χ1v) is 5.45. The van der Waals surface area contributed by atoms with Gasteiger partial charge in [0.15, 0.2) is 0 Å². The van der Waals surface area contributed by atoms with Crippen LogP contribution in [0.1, 0.15) is 23.4 Å². The first-order chi connectivity index (χ1) is 5.29. The van der Waals surface area contributed by atoms with Crippen molar-refractivity contribution in [1.29, 1.82) is 0 Å². The predicted molar refractivity (Wildman–Crippen MR) is 52.1 cm³/mol. The number of hydrogen-bond acceptors (Lipinski definition) is 2. The predicted octanol–water partition coefficient (Wildman–Crippen LogP) is 2.72. The van der Waals surface area contributed by atoms with E-state index >= 15 is 0 Å². The summed E-state index contributed by atoms with van der Waals surface area (Å²) >= 11 is 5.41. The molecule has 0 amide bonds. The summed E-state index contributed by atoms with van der Waals surface area (Å²) < 4.78 is 1.30. The third-order valence-electron chi connectivity index (χ3n) is 2.09. The number of hydrogen-bond donors (Lipinski definition) is 1. The minimum Gasteiger partial charge on any atom is -0.309 e. The molecule has 1 aliphatic heterocycles. The van der Waals surface area contributed by atoms with Gasteiger partial charge in [-0.1, -0.05) is 0 Å². The smallest absolute Gasteiger partial charge is 0.0389 e. The van der Waals surface area contributed by atoms with E-state index in [1.165, 1.54) is 21.3 Å². The standard InChI is InChI=1S/C8H10BrNS/c1-5-8-6(2-3-10-5)7(9)4-11-8/h4-5,10H,2-3H2,1H3. The van der Waals surface area contributed by atoms with Crippen molar-refractivity contribution in [2.24, 2.45) is 0 Å². The number of nitrogens with one attached hydrogen (secondary N) is 1. The van der Waals surface area contributed by atoms with Crippen LogP contribution in [0.3, 0.4) is 0 Å². The number of rotatable bonds is 0. The maximum atomic E-state index is 3.56. The van der Waals surface area contributed by atoms with Gasteiger partial charge < -0.3 is 5.32 Å².